The van der Waals surface area contributed by atoms with Crippen molar-refractivity contribution in [1.29, 1.82) is 0 Å². The molecule has 3 aromatic rings. The highest BCUT2D eigenvalue weighted by molar-refractivity contribution is 9.10. The predicted molar refractivity (Wildman–Crippen MR) is 143 cm³/mol. The van der Waals surface area contributed by atoms with E-state index in [-0.39, 0.29) is 17.2 Å². The summed E-state index contributed by atoms with van der Waals surface area (Å²) in [7, 11) is -3.89. The first-order valence-corrected chi connectivity index (χ1v) is 14.0. The number of anilines is 1. The molecule has 6 nitrogen and oxygen atoms in total. The molecule has 0 radical (unpaired) electrons. The summed E-state index contributed by atoms with van der Waals surface area (Å²) in [5.74, 6) is -0.225. The van der Waals surface area contributed by atoms with Gasteiger partial charge in [-0.25, -0.2) is 8.42 Å². The van der Waals surface area contributed by atoms with E-state index in [4.69, 9.17) is 11.6 Å². The molecule has 3 aromatic carbocycles. The summed E-state index contributed by atoms with van der Waals surface area (Å²) in [5, 5.41) is 0.675. The van der Waals surface area contributed by atoms with Crippen LogP contribution in [0.5, 0.6) is 0 Å². The molecule has 35 heavy (non-hydrogen) atoms. The molecule has 1 saturated heterocycles. The average molecular weight is 577 g/mol. The summed E-state index contributed by atoms with van der Waals surface area (Å²) in [5.41, 5.74) is 3.07. The fourth-order valence-electron chi connectivity index (χ4n) is 4.21. The molecule has 0 aliphatic carbocycles. The van der Waals surface area contributed by atoms with Crippen LogP contribution in [0.4, 0.5) is 5.69 Å². The zero-order chi connectivity index (χ0) is 25.0. The number of carbonyl (C=O) groups is 1. The molecule has 1 N–H and O–H groups in total. The number of hydrogen-bond acceptors (Lipinski definition) is 4. The van der Waals surface area contributed by atoms with E-state index >= 15 is 0 Å². The van der Waals surface area contributed by atoms with Crippen LogP contribution in [0.15, 0.2) is 82.2 Å². The van der Waals surface area contributed by atoms with E-state index in [1.807, 2.05) is 55.5 Å². The van der Waals surface area contributed by atoms with Gasteiger partial charge in [0.25, 0.3) is 0 Å². The molecular weight excluding hydrogens is 550 g/mol. The highest BCUT2D eigenvalue weighted by Crippen LogP contribution is 2.25. The second-order valence-electron chi connectivity index (χ2n) is 8.56. The van der Waals surface area contributed by atoms with Crippen molar-refractivity contribution in [2.45, 2.75) is 24.3 Å². The van der Waals surface area contributed by atoms with Gasteiger partial charge in [0.1, 0.15) is 6.04 Å². The monoisotopic (exact) mass is 575 g/mol. The number of rotatable bonds is 7. The molecule has 184 valence electrons. The molecule has 0 bridgehead atoms. The van der Waals surface area contributed by atoms with E-state index in [1.54, 1.807) is 17.0 Å². The Balaban J connectivity index is 1.51. The Kier molecular flexibility index (Phi) is 8.16. The zero-order valence-electron chi connectivity index (χ0n) is 19.3. The zero-order valence-corrected chi connectivity index (χ0v) is 22.5. The van der Waals surface area contributed by atoms with Crippen molar-refractivity contribution in [3.63, 3.8) is 0 Å². The molecule has 9 heteroatoms. The Hall–Kier alpha value is -2.39. The van der Waals surface area contributed by atoms with Crippen LogP contribution >= 0.6 is 27.5 Å². The van der Waals surface area contributed by atoms with Gasteiger partial charge in [0, 0.05) is 41.4 Å². The Morgan fingerprint density at radius 3 is 2.31 bits per heavy atom. The molecule has 0 unspecified atom stereocenters. The quantitative estimate of drug-likeness (QED) is 0.445. The lowest BCUT2D eigenvalue weighted by Crippen LogP contribution is -2.55. The summed E-state index contributed by atoms with van der Waals surface area (Å²) in [4.78, 5) is 17.7. The highest BCUT2D eigenvalue weighted by Gasteiger charge is 2.31. The number of piperazine rings is 1. The summed E-state index contributed by atoms with van der Waals surface area (Å²) < 4.78 is 29.7. The largest absolute Gasteiger partial charge is 0.368 e. The van der Waals surface area contributed by atoms with Gasteiger partial charge in [0.05, 0.1) is 4.90 Å². The number of sulfonamides is 1. The van der Waals surface area contributed by atoms with Gasteiger partial charge >= 0.3 is 0 Å². The second-order valence-corrected chi connectivity index (χ2v) is 11.6. The van der Waals surface area contributed by atoms with Gasteiger partial charge in [0.2, 0.25) is 15.9 Å². The number of halogens is 2. The van der Waals surface area contributed by atoms with E-state index in [0.29, 0.717) is 31.2 Å². The van der Waals surface area contributed by atoms with Crippen LogP contribution < -0.4 is 9.62 Å². The minimum absolute atomic E-state index is 0.118. The van der Waals surface area contributed by atoms with E-state index in [0.717, 1.165) is 21.3 Å². The van der Waals surface area contributed by atoms with E-state index in [2.05, 4.69) is 25.6 Å². The second kappa shape index (κ2) is 11.1. The van der Waals surface area contributed by atoms with Crippen molar-refractivity contribution in [3.05, 3.63) is 93.4 Å². The molecule has 1 aliphatic heterocycles. The lowest BCUT2D eigenvalue weighted by Gasteiger charge is -2.38. The normalized spacial score (nSPS) is 15.2. The summed E-state index contributed by atoms with van der Waals surface area (Å²) in [6.07, 6.45) is 0.267. The molecule has 1 heterocycles. The van der Waals surface area contributed by atoms with Crippen molar-refractivity contribution < 1.29 is 13.2 Å². The summed E-state index contributed by atoms with van der Waals surface area (Å²) in [6, 6.07) is 20.7. The van der Waals surface area contributed by atoms with E-state index in [1.165, 1.54) is 12.1 Å². The lowest BCUT2D eigenvalue weighted by molar-refractivity contribution is -0.133. The third-order valence-corrected chi connectivity index (χ3v) is 8.36. The van der Waals surface area contributed by atoms with Crippen molar-refractivity contribution in [2.75, 3.05) is 31.1 Å². The number of aryl methyl sites for hydroxylation is 1. The van der Waals surface area contributed by atoms with Crippen molar-refractivity contribution in [1.82, 2.24) is 9.62 Å². The topological polar surface area (TPSA) is 69.7 Å². The molecule has 0 spiro atoms. The molecule has 0 aromatic heterocycles. The molecular formula is C26H27BrClN3O3S. The standard InChI is InChI=1S/C26H27BrClN3O3S/c1-19-7-10-22(28)18-25(19)30-13-15-31(16-14-30)26(32)24(17-20-5-3-2-4-6-20)29-35(33,34)23-11-8-21(27)9-12-23/h2-12,18,24,29H,13-17H2,1H3/t24-/m0/s1. The maximum absolute atomic E-state index is 13.6. The first kappa shape index (κ1) is 25.7. The molecule has 4 rings (SSSR count). The number of nitrogens with zero attached hydrogens (tertiary/aromatic N) is 2. The van der Waals surface area contributed by atoms with E-state index < -0.39 is 16.1 Å². The highest BCUT2D eigenvalue weighted by atomic mass is 79.9. The van der Waals surface area contributed by atoms with Gasteiger partial charge in [-0.15, -0.1) is 0 Å². The average Bonchev–Trinajstić information content (AvgIpc) is 2.85. The number of benzene rings is 3. The van der Waals surface area contributed by atoms with Crippen molar-refractivity contribution in [2.24, 2.45) is 0 Å². The SMILES string of the molecule is Cc1ccc(Cl)cc1N1CCN(C(=O)[C@H](Cc2ccccc2)NS(=O)(=O)c2ccc(Br)cc2)CC1. The molecule has 1 aliphatic rings. The summed E-state index contributed by atoms with van der Waals surface area (Å²) in [6.45, 7) is 4.32. The van der Waals surface area contributed by atoms with Gasteiger partial charge in [-0.1, -0.05) is 63.9 Å². The number of carbonyl (C=O) groups excluding carboxylic acids is 1. The molecule has 1 fully saturated rings. The maximum Gasteiger partial charge on any atom is 0.241 e. The minimum Gasteiger partial charge on any atom is -0.368 e. The van der Waals surface area contributed by atoms with Crippen LogP contribution in [0.1, 0.15) is 11.1 Å². The lowest BCUT2D eigenvalue weighted by atomic mass is 10.1. The molecule has 1 amide bonds. The Bertz CT molecular complexity index is 1280. The number of hydrogen-bond donors (Lipinski definition) is 1. The maximum atomic E-state index is 13.6. The first-order chi connectivity index (χ1) is 16.7. The van der Waals surface area contributed by atoms with Crippen LogP contribution in [-0.4, -0.2) is 51.4 Å². The Morgan fingerprint density at radius 1 is 1.00 bits per heavy atom. The van der Waals surface area contributed by atoms with Crippen molar-refractivity contribution in [3.8, 4) is 0 Å². The fraction of sp³-hybridized carbons (Fsp3) is 0.269. The van der Waals surface area contributed by atoms with Crippen LogP contribution in [0, 0.1) is 6.92 Å². The third-order valence-electron chi connectivity index (χ3n) is 6.11. The summed E-state index contributed by atoms with van der Waals surface area (Å²) >= 11 is 9.52. The molecule has 0 saturated carbocycles. The van der Waals surface area contributed by atoms with Crippen LogP contribution in [0.25, 0.3) is 0 Å². The van der Waals surface area contributed by atoms with Crippen molar-refractivity contribution >= 4 is 49.1 Å². The van der Waals surface area contributed by atoms with Gasteiger partial charge in [-0.2, -0.15) is 4.72 Å². The minimum atomic E-state index is -3.89. The van der Waals surface area contributed by atoms with Gasteiger partial charge < -0.3 is 9.80 Å². The fourth-order valence-corrected chi connectivity index (χ4v) is 5.83. The van der Waals surface area contributed by atoms with Gasteiger partial charge in [-0.05, 0) is 60.9 Å². The van der Waals surface area contributed by atoms with E-state index in [9.17, 15) is 13.2 Å². The van der Waals surface area contributed by atoms with Gasteiger partial charge in [-0.3, -0.25) is 4.79 Å². The molecule has 1 atom stereocenters. The number of amides is 1. The Morgan fingerprint density at radius 2 is 1.66 bits per heavy atom. The Labute approximate surface area is 220 Å². The van der Waals surface area contributed by atoms with Crippen LogP contribution in [-0.2, 0) is 21.2 Å². The van der Waals surface area contributed by atoms with Gasteiger partial charge in [0.15, 0.2) is 0 Å². The van der Waals surface area contributed by atoms with Crippen LogP contribution in [0.2, 0.25) is 5.02 Å². The van der Waals surface area contributed by atoms with Crippen LogP contribution in [0.3, 0.4) is 0 Å². The predicted octanol–water partition coefficient (Wildman–Crippen LogP) is 4.65. The smallest absolute Gasteiger partial charge is 0.241 e. The third kappa shape index (κ3) is 6.44. The first-order valence-electron chi connectivity index (χ1n) is 11.3. The number of nitrogens with one attached hydrogen (secondary N) is 1.